The summed E-state index contributed by atoms with van der Waals surface area (Å²) in [6.07, 6.45) is -0.337. The number of piperidine rings is 1. The number of dihydropyridines is 1. The lowest BCUT2D eigenvalue weighted by Crippen LogP contribution is -2.58. The maximum Gasteiger partial charge on any atom is 0.418 e. The number of anilines is 1. The Hall–Kier alpha value is -3.32. The summed E-state index contributed by atoms with van der Waals surface area (Å²) in [5, 5.41) is 2.76. The Morgan fingerprint density at radius 3 is 2.58 bits per heavy atom. The minimum atomic E-state index is -4.74. The maximum atomic E-state index is 14.3. The first-order chi connectivity index (χ1) is 19.0. The van der Waals surface area contributed by atoms with Crippen molar-refractivity contribution in [1.29, 1.82) is 0 Å². The standard InChI is InChI=1S/C27H23BrF4N4O4/c28-13-6-19(26(39)36-11-15-8-16(12-36)40-15)24(20(7-13)27(30,31)32)35-5-4-14(10-35)33-25(38)18-9-22(37)34-23-17(18)2-1-3-21(23)29/h1-3,6-7,9,14-16,21H,4-5,8,10-12H2,(H,33,38)/t14-,15?,16?,21?/m1/s1. The second kappa shape index (κ2) is 9.95. The zero-order valence-electron chi connectivity index (χ0n) is 20.9. The van der Waals surface area contributed by atoms with Crippen molar-refractivity contribution in [2.24, 2.45) is 4.99 Å². The Bertz CT molecular complexity index is 1420. The van der Waals surface area contributed by atoms with Crippen molar-refractivity contribution in [3.05, 3.63) is 63.2 Å². The van der Waals surface area contributed by atoms with Crippen LogP contribution in [-0.4, -0.2) is 78.9 Å². The number of aliphatic imine (C=N–C) groups is 1. The molecule has 13 heteroatoms. The summed E-state index contributed by atoms with van der Waals surface area (Å²) in [5.41, 5.74) is -1.29. The third kappa shape index (κ3) is 4.89. The number of hydrogen-bond donors (Lipinski definition) is 1. The van der Waals surface area contributed by atoms with E-state index in [0.717, 1.165) is 18.6 Å². The topological polar surface area (TPSA) is 91.3 Å². The van der Waals surface area contributed by atoms with Gasteiger partial charge < -0.3 is 19.9 Å². The number of fused-ring (bicyclic) bond motifs is 3. The van der Waals surface area contributed by atoms with Gasteiger partial charge in [0.25, 0.3) is 17.7 Å². The van der Waals surface area contributed by atoms with Crippen LogP contribution in [0, 0.1) is 0 Å². The number of rotatable bonds is 4. The van der Waals surface area contributed by atoms with Gasteiger partial charge in [-0.3, -0.25) is 14.4 Å². The molecule has 5 aliphatic heterocycles. The van der Waals surface area contributed by atoms with Gasteiger partial charge in [-0.25, -0.2) is 9.38 Å². The summed E-state index contributed by atoms with van der Waals surface area (Å²) < 4.78 is 62.8. The summed E-state index contributed by atoms with van der Waals surface area (Å²) in [7, 11) is 0. The third-order valence-electron chi connectivity index (χ3n) is 7.61. The molecule has 6 aliphatic rings. The van der Waals surface area contributed by atoms with E-state index >= 15 is 0 Å². The smallest absolute Gasteiger partial charge is 0.371 e. The molecule has 1 aliphatic carbocycles. The van der Waals surface area contributed by atoms with Crippen molar-refractivity contribution in [1.82, 2.24) is 10.2 Å². The summed E-state index contributed by atoms with van der Waals surface area (Å²) in [6, 6.07) is 1.76. The van der Waals surface area contributed by atoms with Gasteiger partial charge in [-0.2, -0.15) is 13.2 Å². The Labute approximate surface area is 234 Å². The normalized spacial score (nSPS) is 27.4. The highest BCUT2D eigenvalue weighted by atomic mass is 79.9. The van der Waals surface area contributed by atoms with Gasteiger partial charge in [-0.1, -0.05) is 28.1 Å². The molecule has 40 heavy (non-hydrogen) atoms. The molecule has 210 valence electrons. The molecule has 1 aromatic carbocycles. The highest BCUT2D eigenvalue weighted by Gasteiger charge is 2.44. The number of carbonyl (C=O) groups is 3. The van der Waals surface area contributed by atoms with Crippen molar-refractivity contribution in [2.75, 3.05) is 31.1 Å². The average Bonchev–Trinajstić information content (AvgIpc) is 3.35. The van der Waals surface area contributed by atoms with E-state index in [0.29, 0.717) is 19.5 Å². The van der Waals surface area contributed by atoms with Gasteiger partial charge in [0.2, 0.25) is 0 Å². The molecule has 3 amide bonds. The van der Waals surface area contributed by atoms with Crippen molar-refractivity contribution >= 4 is 45.1 Å². The summed E-state index contributed by atoms with van der Waals surface area (Å²) in [5.74, 6) is -1.93. The second-order valence-electron chi connectivity index (χ2n) is 10.3. The number of nitrogens with zero attached hydrogens (tertiary/aromatic N) is 3. The molecule has 8 nitrogen and oxygen atoms in total. The van der Waals surface area contributed by atoms with Crippen LogP contribution in [-0.2, 0) is 20.5 Å². The van der Waals surface area contributed by atoms with E-state index in [1.165, 1.54) is 34.1 Å². The highest BCUT2D eigenvalue weighted by Crippen LogP contribution is 2.43. The average molecular weight is 623 g/mol. The summed E-state index contributed by atoms with van der Waals surface area (Å²) >= 11 is 3.14. The monoisotopic (exact) mass is 622 g/mol. The fourth-order valence-electron chi connectivity index (χ4n) is 5.82. The van der Waals surface area contributed by atoms with Gasteiger partial charge >= 0.3 is 6.18 Å². The van der Waals surface area contributed by atoms with Gasteiger partial charge in [0.1, 0.15) is 0 Å². The molecule has 1 aromatic rings. The van der Waals surface area contributed by atoms with E-state index in [9.17, 15) is 31.9 Å². The molecule has 0 aromatic heterocycles. The number of carbonyl (C=O) groups excluding carboxylic acids is 3. The van der Waals surface area contributed by atoms with Crippen LogP contribution in [0.3, 0.4) is 0 Å². The number of halogens is 5. The van der Waals surface area contributed by atoms with Crippen molar-refractivity contribution in [3.8, 4) is 0 Å². The van der Waals surface area contributed by atoms with Crippen LogP contribution >= 0.6 is 15.9 Å². The molecule has 5 heterocycles. The van der Waals surface area contributed by atoms with Gasteiger partial charge in [0.15, 0.2) is 6.17 Å². The molecule has 7 rings (SSSR count). The number of nitrogens with one attached hydrogen (secondary N) is 1. The number of morpholine rings is 1. The van der Waals surface area contributed by atoms with Crippen molar-refractivity contribution in [2.45, 2.75) is 43.4 Å². The Kier molecular flexibility index (Phi) is 6.68. The van der Waals surface area contributed by atoms with E-state index < -0.39 is 41.7 Å². The molecule has 2 bridgehead atoms. The molecular weight excluding hydrogens is 600 g/mol. The SMILES string of the molecule is O=C1C=C(C(=O)N[C@@H]2CCN(c3c(C(=O)N4CC5CC(C4)O5)cc(Br)cc3C(F)(F)F)C2)C2=CC=CC(F)C2=N1. The molecule has 0 radical (unpaired) electrons. The van der Waals surface area contributed by atoms with Crippen molar-refractivity contribution < 1.29 is 36.7 Å². The van der Waals surface area contributed by atoms with E-state index in [1.807, 2.05) is 0 Å². The quantitative estimate of drug-likeness (QED) is 0.519. The molecular formula is C27H23BrF4N4O4. The zero-order chi connectivity index (χ0) is 28.3. The molecule has 3 unspecified atom stereocenters. The predicted molar refractivity (Wildman–Crippen MR) is 140 cm³/mol. The Morgan fingerprint density at radius 1 is 1.15 bits per heavy atom. The lowest BCUT2D eigenvalue weighted by Gasteiger charge is -2.47. The van der Waals surface area contributed by atoms with Crippen LogP contribution in [0.15, 0.2) is 57.0 Å². The molecule has 4 fully saturated rings. The number of alkyl halides is 4. The van der Waals surface area contributed by atoms with Crippen LogP contribution in [0.1, 0.15) is 28.8 Å². The minimum Gasteiger partial charge on any atom is -0.371 e. The zero-order valence-corrected chi connectivity index (χ0v) is 22.5. The largest absolute Gasteiger partial charge is 0.418 e. The van der Waals surface area contributed by atoms with E-state index in [1.54, 1.807) is 0 Å². The predicted octanol–water partition coefficient (Wildman–Crippen LogP) is 3.52. The number of hydrogen-bond acceptors (Lipinski definition) is 5. The number of allylic oxidation sites excluding steroid dienone is 3. The van der Waals surface area contributed by atoms with Gasteiger partial charge in [-0.05, 0) is 24.6 Å². The number of ether oxygens (including phenoxy) is 1. The first-order valence-corrected chi connectivity index (χ1v) is 13.6. The molecule has 4 saturated heterocycles. The van der Waals surface area contributed by atoms with E-state index in [2.05, 4.69) is 26.2 Å². The lowest BCUT2D eigenvalue weighted by molar-refractivity contribution is -0.171. The highest BCUT2D eigenvalue weighted by molar-refractivity contribution is 9.10. The summed E-state index contributed by atoms with van der Waals surface area (Å²) in [6.45, 7) is 0.765. The van der Waals surface area contributed by atoms with Crippen LogP contribution in [0.25, 0.3) is 0 Å². The molecule has 0 spiro atoms. The van der Waals surface area contributed by atoms with Crippen LogP contribution in [0.2, 0.25) is 0 Å². The van der Waals surface area contributed by atoms with Gasteiger partial charge in [0, 0.05) is 54.8 Å². The van der Waals surface area contributed by atoms with Gasteiger partial charge in [-0.15, -0.1) is 0 Å². The fraction of sp³-hybridized carbons (Fsp3) is 0.407. The third-order valence-corrected chi connectivity index (χ3v) is 8.07. The van der Waals surface area contributed by atoms with Crippen LogP contribution < -0.4 is 10.2 Å². The van der Waals surface area contributed by atoms with E-state index in [-0.39, 0.29) is 57.9 Å². The lowest BCUT2D eigenvalue weighted by atomic mass is 9.91. The fourth-order valence-corrected chi connectivity index (χ4v) is 6.28. The Balaban J connectivity index is 1.25. The first-order valence-electron chi connectivity index (χ1n) is 12.8. The van der Waals surface area contributed by atoms with Crippen LogP contribution in [0.4, 0.5) is 23.2 Å². The van der Waals surface area contributed by atoms with E-state index in [4.69, 9.17) is 4.74 Å². The molecule has 4 atom stereocenters. The van der Waals surface area contributed by atoms with Gasteiger partial charge in [0.05, 0.1) is 40.3 Å². The summed E-state index contributed by atoms with van der Waals surface area (Å²) in [4.78, 5) is 45.4. The molecule has 0 saturated carbocycles. The number of benzene rings is 1. The van der Waals surface area contributed by atoms with Crippen LogP contribution in [0.5, 0.6) is 0 Å². The van der Waals surface area contributed by atoms with Crippen molar-refractivity contribution in [3.63, 3.8) is 0 Å². The minimum absolute atomic E-state index is 0.00203. The second-order valence-corrected chi connectivity index (χ2v) is 11.3. The number of amides is 3. The Morgan fingerprint density at radius 2 is 1.88 bits per heavy atom. The molecule has 1 N–H and O–H groups in total. The maximum absolute atomic E-state index is 14.3. The first kappa shape index (κ1) is 26.9.